The van der Waals surface area contributed by atoms with Crippen LogP contribution in [0.3, 0.4) is 0 Å². The van der Waals surface area contributed by atoms with E-state index in [2.05, 4.69) is 4.74 Å². The van der Waals surface area contributed by atoms with E-state index in [0.717, 1.165) is 37.5 Å². The Hall–Kier alpha value is -1.01. The predicted molar refractivity (Wildman–Crippen MR) is 64.6 cm³/mol. The average Bonchev–Trinajstić information content (AvgIpc) is 2.16. The Kier molecular flexibility index (Phi) is 5.04. The monoisotopic (exact) mass is 299 g/mol. The Morgan fingerprint density at radius 2 is 1.89 bits per heavy atom. The first-order valence-corrected chi connectivity index (χ1v) is 5.67. The lowest BCUT2D eigenvalue weighted by atomic mass is 9.77. The predicted octanol–water partition coefficient (Wildman–Crippen LogP) is 3.95. The Labute approximate surface area is 114 Å². The van der Waals surface area contributed by atoms with Crippen molar-refractivity contribution in [1.29, 1.82) is 0 Å². The van der Waals surface area contributed by atoms with Gasteiger partial charge in [0.1, 0.15) is 11.6 Å². The standard InChI is InChI=1S/C12H13F4NO.ClH/c13-10-5-4-8(18-12(14,15)16)6-9(10)11(17)7-2-1-3-7;/h4-7,11H,1-3,17H2;1H/t11-;/m1./s1. The Morgan fingerprint density at radius 1 is 1.26 bits per heavy atom. The zero-order valence-corrected chi connectivity index (χ0v) is 10.7. The van der Waals surface area contributed by atoms with E-state index in [1.807, 2.05) is 0 Å². The molecule has 1 fully saturated rings. The van der Waals surface area contributed by atoms with Crippen LogP contribution in [0.2, 0.25) is 0 Å². The number of halogens is 5. The van der Waals surface area contributed by atoms with Gasteiger partial charge in [0.05, 0.1) is 0 Å². The van der Waals surface area contributed by atoms with Gasteiger partial charge in [0, 0.05) is 11.6 Å². The summed E-state index contributed by atoms with van der Waals surface area (Å²) >= 11 is 0. The molecular formula is C12H14ClF4NO. The molecule has 1 aromatic rings. The van der Waals surface area contributed by atoms with E-state index in [4.69, 9.17) is 5.73 Å². The molecule has 1 atom stereocenters. The smallest absolute Gasteiger partial charge is 0.406 e. The van der Waals surface area contributed by atoms with E-state index < -0.39 is 24.0 Å². The fourth-order valence-electron chi connectivity index (χ4n) is 2.03. The summed E-state index contributed by atoms with van der Waals surface area (Å²) in [6.07, 6.45) is -2.00. The summed E-state index contributed by atoms with van der Waals surface area (Å²) in [5.74, 6) is -0.891. The number of alkyl halides is 3. The minimum absolute atomic E-state index is 0. The van der Waals surface area contributed by atoms with E-state index in [0.29, 0.717) is 0 Å². The van der Waals surface area contributed by atoms with Gasteiger partial charge in [0.2, 0.25) is 0 Å². The maximum atomic E-state index is 13.6. The highest BCUT2D eigenvalue weighted by atomic mass is 35.5. The van der Waals surface area contributed by atoms with Crippen LogP contribution in [-0.4, -0.2) is 6.36 Å². The normalized spacial score (nSPS) is 17.3. The molecule has 0 aromatic heterocycles. The van der Waals surface area contributed by atoms with Gasteiger partial charge in [0.25, 0.3) is 0 Å². The van der Waals surface area contributed by atoms with Crippen molar-refractivity contribution in [2.45, 2.75) is 31.7 Å². The maximum absolute atomic E-state index is 13.6. The summed E-state index contributed by atoms with van der Waals surface area (Å²) in [6.45, 7) is 0. The van der Waals surface area contributed by atoms with Crippen LogP contribution in [0, 0.1) is 11.7 Å². The van der Waals surface area contributed by atoms with Crippen LogP contribution in [0.4, 0.5) is 17.6 Å². The van der Waals surface area contributed by atoms with Crippen LogP contribution in [-0.2, 0) is 0 Å². The molecule has 1 saturated carbocycles. The van der Waals surface area contributed by atoms with Crippen molar-refractivity contribution in [2.24, 2.45) is 11.7 Å². The van der Waals surface area contributed by atoms with Crippen molar-refractivity contribution in [3.05, 3.63) is 29.6 Å². The van der Waals surface area contributed by atoms with Gasteiger partial charge in [-0.05, 0) is 37.0 Å². The fraction of sp³-hybridized carbons (Fsp3) is 0.500. The largest absolute Gasteiger partial charge is 0.573 e. The van der Waals surface area contributed by atoms with Crippen molar-refractivity contribution < 1.29 is 22.3 Å². The van der Waals surface area contributed by atoms with E-state index >= 15 is 0 Å². The summed E-state index contributed by atoms with van der Waals surface area (Å²) in [5, 5.41) is 0. The molecule has 1 aromatic carbocycles. The van der Waals surface area contributed by atoms with Crippen molar-refractivity contribution >= 4 is 12.4 Å². The number of benzene rings is 1. The molecule has 0 radical (unpaired) electrons. The summed E-state index contributed by atoms with van der Waals surface area (Å²) in [7, 11) is 0. The van der Waals surface area contributed by atoms with Gasteiger partial charge in [-0.2, -0.15) is 0 Å². The molecular weight excluding hydrogens is 286 g/mol. The van der Waals surface area contributed by atoms with Gasteiger partial charge in [0.15, 0.2) is 0 Å². The van der Waals surface area contributed by atoms with E-state index in [1.165, 1.54) is 0 Å². The van der Waals surface area contributed by atoms with Crippen LogP contribution in [0.25, 0.3) is 0 Å². The molecule has 0 aliphatic heterocycles. The van der Waals surface area contributed by atoms with Crippen molar-refractivity contribution in [3.8, 4) is 5.75 Å². The van der Waals surface area contributed by atoms with Gasteiger partial charge < -0.3 is 10.5 Å². The lowest BCUT2D eigenvalue weighted by Gasteiger charge is -2.31. The highest BCUT2D eigenvalue weighted by Gasteiger charge is 2.32. The molecule has 0 amide bonds. The van der Waals surface area contributed by atoms with Crippen LogP contribution in [0.1, 0.15) is 30.9 Å². The summed E-state index contributed by atoms with van der Waals surface area (Å²) < 4.78 is 53.5. The number of ether oxygens (including phenoxy) is 1. The second kappa shape index (κ2) is 5.96. The Bertz CT molecular complexity index is 434. The Morgan fingerprint density at radius 3 is 2.37 bits per heavy atom. The molecule has 2 nitrogen and oxygen atoms in total. The third kappa shape index (κ3) is 3.98. The molecule has 0 spiro atoms. The minimum atomic E-state index is -4.78. The van der Waals surface area contributed by atoms with Gasteiger partial charge in [-0.15, -0.1) is 25.6 Å². The number of rotatable bonds is 3. The maximum Gasteiger partial charge on any atom is 0.573 e. The summed E-state index contributed by atoms with van der Waals surface area (Å²) in [4.78, 5) is 0. The van der Waals surface area contributed by atoms with Gasteiger partial charge in [-0.1, -0.05) is 6.42 Å². The van der Waals surface area contributed by atoms with Gasteiger partial charge in [-0.3, -0.25) is 0 Å². The van der Waals surface area contributed by atoms with Crippen LogP contribution >= 0.6 is 12.4 Å². The fourth-order valence-corrected chi connectivity index (χ4v) is 2.03. The number of nitrogens with two attached hydrogens (primary N) is 1. The van der Waals surface area contributed by atoms with E-state index in [9.17, 15) is 17.6 Å². The third-order valence-electron chi connectivity index (χ3n) is 3.22. The first-order chi connectivity index (χ1) is 8.37. The lowest BCUT2D eigenvalue weighted by molar-refractivity contribution is -0.274. The summed E-state index contributed by atoms with van der Waals surface area (Å²) in [6, 6.07) is 2.36. The topological polar surface area (TPSA) is 35.2 Å². The zero-order chi connectivity index (χ0) is 13.3. The first kappa shape index (κ1) is 16.0. The highest BCUT2D eigenvalue weighted by molar-refractivity contribution is 5.85. The van der Waals surface area contributed by atoms with Crippen LogP contribution < -0.4 is 10.5 Å². The number of hydrogen-bond acceptors (Lipinski definition) is 2. The van der Waals surface area contributed by atoms with Crippen molar-refractivity contribution in [1.82, 2.24) is 0 Å². The third-order valence-corrected chi connectivity index (χ3v) is 3.22. The van der Waals surface area contributed by atoms with Crippen LogP contribution in [0.15, 0.2) is 18.2 Å². The zero-order valence-electron chi connectivity index (χ0n) is 9.91. The molecule has 2 N–H and O–H groups in total. The minimum Gasteiger partial charge on any atom is -0.406 e. The molecule has 1 aliphatic rings. The molecule has 19 heavy (non-hydrogen) atoms. The second-order valence-electron chi connectivity index (χ2n) is 4.45. The van der Waals surface area contributed by atoms with Crippen molar-refractivity contribution in [3.63, 3.8) is 0 Å². The molecule has 0 bridgehead atoms. The van der Waals surface area contributed by atoms with Gasteiger partial charge >= 0.3 is 6.36 Å². The highest BCUT2D eigenvalue weighted by Crippen LogP contribution is 2.38. The van der Waals surface area contributed by atoms with Crippen molar-refractivity contribution in [2.75, 3.05) is 0 Å². The van der Waals surface area contributed by atoms with Crippen LogP contribution in [0.5, 0.6) is 5.75 Å². The van der Waals surface area contributed by atoms with Gasteiger partial charge in [-0.25, -0.2) is 4.39 Å². The summed E-state index contributed by atoms with van der Waals surface area (Å²) in [5.41, 5.74) is 5.94. The molecule has 1 aliphatic carbocycles. The molecule has 0 saturated heterocycles. The molecule has 108 valence electrons. The Balaban J connectivity index is 0.00000180. The first-order valence-electron chi connectivity index (χ1n) is 5.67. The van der Waals surface area contributed by atoms with E-state index in [1.54, 1.807) is 0 Å². The lowest BCUT2D eigenvalue weighted by Crippen LogP contribution is -2.27. The molecule has 0 heterocycles. The molecule has 7 heteroatoms. The SMILES string of the molecule is Cl.N[C@@H](c1cc(OC(F)(F)F)ccc1F)C1CCC1. The quantitative estimate of drug-likeness (QED) is 0.858. The molecule has 2 rings (SSSR count). The average molecular weight is 300 g/mol. The van der Waals surface area contributed by atoms with E-state index in [-0.39, 0.29) is 23.9 Å². The second-order valence-corrected chi connectivity index (χ2v) is 4.45. The molecule has 0 unspecified atom stereocenters. The number of hydrogen-bond donors (Lipinski definition) is 1.